The van der Waals surface area contributed by atoms with E-state index in [1.54, 1.807) is 6.07 Å². The number of ketones is 1. The van der Waals surface area contributed by atoms with Gasteiger partial charge in [0.05, 0.1) is 5.56 Å². The Balaban J connectivity index is 2.35. The first-order valence-corrected chi connectivity index (χ1v) is 6.38. The molecule has 7 heteroatoms. The molecule has 0 bridgehead atoms. The van der Waals surface area contributed by atoms with Gasteiger partial charge < -0.3 is 5.32 Å². The summed E-state index contributed by atoms with van der Waals surface area (Å²) in [5.74, 6) is -3.38. The van der Waals surface area contributed by atoms with E-state index >= 15 is 0 Å². The molecule has 0 aliphatic heterocycles. The van der Waals surface area contributed by atoms with Gasteiger partial charge in [0.15, 0.2) is 5.78 Å². The topological polar surface area (TPSA) is 29.1 Å². The third kappa shape index (κ3) is 4.38. The fourth-order valence-corrected chi connectivity index (χ4v) is 1.76. The highest BCUT2D eigenvalue weighted by molar-refractivity contribution is 6.05. The molecule has 23 heavy (non-hydrogen) atoms. The first kappa shape index (κ1) is 16.7. The van der Waals surface area contributed by atoms with Crippen LogP contribution in [-0.4, -0.2) is 12.0 Å². The van der Waals surface area contributed by atoms with Crippen LogP contribution in [0.5, 0.6) is 0 Å². The minimum absolute atomic E-state index is 0.114. The van der Waals surface area contributed by atoms with E-state index in [0.717, 1.165) is 12.1 Å². The Morgan fingerprint density at radius 3 is 2.22 bits per heavy atom. The number of allylic oxidation sites excluding steroid dienone is 2. The molecule has 0 aliphatic rings. The average molecular weight is 327 g/mol. The summed E-state index contributed by atoms with van der Waals surface area (Å²) in [4.78, 5) is 11.8. The fraction of sp³-hybridized carbons (Fsp3) is 0.0625. The maximum atomic E-state index is 13.5. The van der Waals surface area contributed by atoms with Gasteiger partial charge in [-0.1, -0.05) is 18.2 Å². The van der Waals surface area contributed by atoms with Crippen LogP contribution in [0.25, 0.3) is 0 Å². The Labute approximate surface area is 128 Å². The summed E-state index contributed by atoms with van der Waals surface area (Å²) >= 11 is 0. The molecule has 0 spiro atoms. The largest absolute Gasteiger partial charge is 0.431 e. The van der Waals surface area contributed by atoms with Gasteiger partial charge in [0.1, 0.15) is 17.3 Å². The summed E-state index contributed by atoms with van der Waals surface area (Å²) in [7, 11) is 0. The minimum atomic E-state index is -4.85. The summed E-state index contributed by atoms with van der Waals surface area (Å²) in [6.45, 7) is 0. The molecule has 0 heterocycles. The molecule has 0 fully saturated rings. The zero-order valence-corrected chi connectivity index (χ0v) is 11.5. The number of carbonyl (C=O) groups excluding carboxylic acids is 1. The van der Waals surface area contributed by atoms with Crippen LogP contribution in [0.2, 0.25) is 0 Å². The molecule has 120 valence electrons. The number of rotatable bonds is 4. The summed E-state index contributed by atoms with van der Waals surface area (Å²) in [5, 5.41) is 2.07. The highest BCUT2D eigenvalue weighted by Gasteiger charge is 2.35. The lowest BCUT2D eigenvalue weighted by molar-refractivity contribution is -0.0903. The van der Waals surface area contributed by atoms with E-state index in [2.05, 4.69) is 5.32 Å². The van der Waals surface area contributed by atoms with Gasteiger partial charge in [-0.05, 0) is 24.3 Å². The van der Waals surface area contributed by atoms with E-state index < -0.39 is 34.9 Å². The third-order valence-electron chi connectivity index (χ3n) is 2.83. The van der Waals surface area contributed by atoms with E-state index in [4.69, 9.17) is 0 Å². The fourth-order valence-electron chi connectivity index (χ4n) is 1.76. The van der Waals surface area contributed by atoms with Crippen molar-refractivity contribution in [3.63, 3.8) is 0 Å². The van der Waals surface area contributed by atoms with Crippen molar-refractivity contribution in [2.45, 2.75) is 6.18 Å². The van der Waals surface area contributed by atoms with Crippen molar-refractivity contribution in [3.8, 4) is 0 Å². The molecule has 0 saturated heterocycles. The van der Waals surface area contributed by atoms with Gasteiger partial charge in [-0.25, -0.2) is 8.78 Å². The van der Waals surface area contributed by atoms with Crippen molar-refractivity contribution in [2.24, 2.45) is 0 Å². The van der Waals surface area contributed by atoms with Crippen molar-refractivity contribution in [2.75, 3.05) is 5.32 Å². The van der Waals surface area contributed by atoms with Crippen LogP contribution in [0.1, 0.15) is 10.4 Å². The molecule has 2 aromatic carbocycles. The number of anilines is 1. The Morgan fingerprint density at radius 2 is 1.65 bits per heavy atom. The smallest absolute Gasteiger partial charge is 0.351 e. The van der Waals surface area contributed by atoms with E-state index in [1.165, 1.54) is 24.3 Å². The number of nitrogens with one attached hydrogen (secondary N) is 1. The number of hydrogen-bond acceptors (Lipinski definition) is 2. The van der Waals surface area contributed by atoms with Gasteiger partial charge in [0.25, 0.3) is 0 Å². The monoisotopic (exact) mass is 327 g/mol. The van der Waals surface area contributed by atoms with Crippen LogP contribution < -0.4 is 5.32 Å². The number of alkyl halides is 3. The van der Waals surface area contributed by atoms with Crippen molar-refractivity contribution in [1.82, 2.24) is 0 Å². The van der Waals surface area contributed by atoms with E-state index in [9.17, 15) is 26.7 Å². The first-order chi connectivity index (χ1) is 10.8. The van der Waals surface area contributed by atoms with Gasteiger partial charge in [0.2, 0.25) is 0 Å². The lowest BCUT2D eigenvalue weighted by Gasteiger charge is -2.14. The normalized spacial score (nSPS) is 12.1. The molecule has 1 N–H and O–H groups in total. The number of halogens is 5. The van der Waals surface area contributed by atoms with Crippen LogP contribution in [0.15, 0.2) is 60.3 Å². The predicted molar refractivity (Wildman–Crippen MR) is 74.9 cm³/mol. The molecule has 0 aromatic heterocycles. The number of hydrogen-bond donors (Lipinski definition) is 1. The van der Waals surface area contributed by atoms with Crippen LogP contribution in [0.3, 0.4) is 0 Å². The molecule has 0 saturated carbocycles. The zero-order valence-electron chi connectivity index (χ0n) is 11.5. The number of carbonyl (C=O) groups is 1. The molecule has 2 nitrogen and oxygen atoms in total. The minimum Gasteiger partial charge on any atom is -0.351 e. The van der Waals surface area contributed by atoms with Gasteiger partial charge in [-0.2, -0.15) is 13.2 Å². The van der Waals surface area contributed by atoms with Crippen molar-refractivity contribution in [3.05, 3.63) is 77.5 Å². The van der Waals surface area contributed by atoms with Gasteiger partial charge in [0, 0.05) is 17.8 Å². The highest BCUT2D eigenvalue weighted by atomic mass is 19.4. The number of para-hydroxylation sites is 1. The molecule has 0 atom stereocenters. The summed E-state index contributed by atoms with van der Waals surface area (Å²) < 4.78 is 65.3. The average Bonchev–Trinajstić information content (AvgIpc) is 2.46. The maximum absolute atomic E-state index is 13.5. The Bertz CT molecular complexity index is 738. The lowest BCUT2D eigenvalue weighted by atomic mass is 10.1. The maximum Gasteiger partial charge on any atom is 0.431 e. The zero-order chi connectivity index (χ0) is 17.0. The molecular formula is C16H10F5NO. The summed E-state index contributed by atoms with van der Waals surface area (Å²) in [5.41, 5.74) is -1.89. The van der Waals surface area contributed by atoms with E-state index in [0.29, 0.717) is 6.07 Å². The van der Waals surface area contributed by atoms with Gasteiger partial charge >= 0.3 is 6.18 Å². The third-order valence-corrected chi connectivity index (χ3v) is 2.83. The van der Waals surface area contributed by atoms with Crippen molar-refractivity contribution < 1.29 is 26.7 Å². The summed E-state index contributed by atoms with van der Waals surface area (Å²) in [6.07, 6.45) is -4.61. The molecule has 2 aromatic rings. The van der Waals surface area contributed by atoms with E-state index in [1.807, 2.05) is 0 Å². The van der Waals surface area contributed by atoms with Gasteiger partial charge in [-0.3, -0.25) is 4.79 Å². The molecule has 0 aliphatic carbocycles. The Morgan fingerprint density at radius 1 is 1.00 bits per heavy atom. The SMILES string of the molecule is O=C(/C=C(/Nc1ccccc1)C(F)(F)F)c1ccc(F)cc1F. The standard InChI is InChI=1S/C16H10F5NO/c17-10-6-7-12(13(18)8-10)14(23)9-15(16(19,20)21)22-11-4-2-1-3-5-11/h1-9,22H/b15-9+. The Kier molecular flexibility index (Phi) is 4.78. The second-order valence-electron chi connectivity index (χ2n) is 4.54. The van der Waals surface area contributed by atoms with Crippen LogP contribution in [0, 0.1) is 11.6 Å². The molecule has 0 amide bonds. The second-order valence-corrected chi connectivity index (χ2v) is 4.54. The lowest BCUT2D eigenvalue weighted by Crippen LogP contribution is -2.20. The highest BCUT2D eigenvalue weighted by Crippen LogP contribution is 2.27. The summed E-state index contributed by atoms with van der Waals surface area (Å²) in [6, 6.07) is 9.41. The molecule has 0 unspecified atom stereocenters. The quantitative estimate of drug-likeness (QED) is 0.501. The van der Waals surface area contributed by atoms with Gasteiger partial charge in [-0.15, -0.1) is 0 Å². The predicted octanol–water partition coefficient (Wildman–Crippen LogP) is 4.71. The molecule has 0 radical (unpaired) electrons. The van der Waals surface area contributed by atoms with E-state index in [-0.39, 0.29) is 11.8 Å². The molecular weight excluding hydrogens is 317 g/mol. The van der Waals surface area contributed by atoms with Crippen molar-refractivity contribution in [1.29, 1.82) is 0 Å². The van der Waals surface area contributed by atoms with Crippen LogP contribution >= 0.6 is 0 Å². The van der Waals surface area contributed by atoms with Crippen LogP contribution in [-0.2, 0) is 0 Å². The van der Waals surface area contributed by atoms with Crippen molar-refractivity contribution >= 4 is 11.5 Å². The van der Waals surface area contributed by atoms with Crippen LogP contribution in [0.4, 0.5) is 27.6 Å². The number of benzene rings is 2. The first-order valence-electron chi connectivity index (χ1n) is 6.38. The Hall–Kier alpha value is -2.70. The molecule has 2 rings (SSSR count). The second kappa shape index (κ2) is 6.60.